The van der Waals surface area contributed by atoms with Gasteiger partial charge >= 0.3 is 0 Å². The SMILES string of the molecule is CCCCOS(=O)(=O)c1cc(S(=O)(=O)O)c2ccccc2c1C=O. The van der Waals surface area contributed by atoms with Gasteiger partial charge in [0.25, 0.3) is 20.2 Å². The molecule has 0 atom stereocenters. The van der Waals surface area contributed by atoms with Crippen LogP contribution < -0.4 is 0 Å². The Morgan fingerprint density at radius 1 is 1.08 bits per heavy atom. The lowest BCUT2D eigenvalue weighted by molar-refractivity contribution is 0.112. The molecule has 2 aromatic rings. The standard InChI is InChI=1S/C15H16O7S2/c1-2-3-8-22-24(20,21)15-9-14(23(17,18)19)12-7-5-4-6-11(12)13(15)10-16/h4-7,9-10H,2-3,8H2,1H3,(H,17,18,19). The number of carbonyl (C=O) groups excluding carboxylic acids is 1. The van der Waals surface area contributed by atoms with Crippen LogP contribution in [0.4, 0.5) is 0 Å². The van der Waals surface area contributed by atoms with Crippen molar-refractivity contribution >= 4 is 37.3 Å². The molecule has 2 rings (SSSR count). The van der Waals surface area contributed by atoms with Crippen LogP contribution in [0.3, 0.4) is 0 Å². The van der Waals surface area contributed by atoms with Gasteiger partial charge in [-0.3, -0.25) is 13.5 Å². The van der Waals surface area contributed by atoms with E-state index in [1.165, 1.54) is 24.3 Å². The molecule has 0 spiro atoms. The highest BCUT2D eigenvalue weighted by Gasteiger charge is 2.26. The number of unbranched alkanes of at least 4 members (excludes halogenated alkanes) is 1. The van der Waals surface area contributed by atoms with E-state index in [0.29, 0.717) is 19.1 Å². The minimum absolute atomic E-state index is 0.0506. The third-order valence-corrected chi connectivity index (χ3v) is 5.66. The molecular weight excluding hydrogens is 356 g/mol. The smallest absolute Gasteiger partial charge is 0.297 e. The van der Waals surface area contributed by atoms with Gasteiger partial charge < -0.3 is 0 Å². The van der Waals surface area contributed by atoms with Gasteiger partial charge in [-0.05, 0) is 17.9 Å². The highest BCUT2D eigenvalue weighted by molar-refractivity contribution is 7.87. The van der Waals surface area contributed by atoms with Crippen molar-refractivity contribution in [1.29, 1.82) is 0 Å². The predicted octanol–water partition coefficient (Wildman–Crippen LogP) is 2.40. The molecule has 0 saturated carbocycles. The van der Waals surface area contributed by atoms with Crippen molar-refractivity contribution in [3.05, 3.63) is 35.9 Å². The third-order valence-electron chi connectivity index (χ3n) is 3.41. The molecule has 0 bridgehead atoms. The van der Waals surface area contributed by atoms with E-state index in [1.54, 1.807) is 0 Å². The Hall–Kier alpha value is -1.81. The molecule has 0 aliphatic heterocycles. The maximum atomic E-state index is 12.4. The van der Waals surface area contributed by atoms with Gasteiger partial charge in [0.05, 0.1) is 6.61 Å². The lowest BCUT2D eigenvalue weighted by atomic mass is 10.1. The van der Waals surface area contributed by atoms with Gasteiger partial charge in [0, 0.05) is 10.9 Å². The summed E-state index contributed by atoms with van der Waals surface area (Å²) in [6.07, 6.45) is 1.50. The summed E-state index contributed by atoms with van der Waals surface area (Å²) in [6, 6.07) is 6.57. The zero-order chi connectivity index (χ0) is 18.0. The first kappa shape index (κ1) is 18.5. The Balaban J connectivity index is 2.81. The normalized spacial score (nSPS) is 12.4. The summed E-state index contributed by atoms with van der Waals surface area (Å²) in [5.41, 5.74) is -0.213. The van der Waals surface area contributed by atoms with Crippen molar-refractivity contribution < 1.29 is 30.4 Å². The number of carbonyl (C=O) groups is 1. The number of hydrogen-bond acceptors (Lipinski definition) is 6. The van der Waals surface area contributed by atoms with E-state index in [4.69, 9.17) is 4.18 Å². The largest absolute Gasteiger partial charge is 0.298 e. The third kappa shape index (κ3) is 3.64. The number of rotatable bonds is 7. The molecule has 0 fully saturated rings. The van der Waals surface area contributed by atoms with Crippen molar-refractivity contribution in [2.45, 2.75) is 29.6 Å². The van der Waals surface area contributed by atoms with Crippen molar-refractivity contribution in [2.24, 2.45) is 0 Å². The number of fused-ring (bicyclic) bond motifs is 1. The van der Waals surface area contributed by atoms with Crippen molar-refractivity contribution in [3.8, 4) is 0 Å². The van der Waals surface area contributed by atoms with E-state index in [1.807, 2.05) is 6.92 Å². The first-order valence-electron chi connectivity index (χ1n) is 7.10. The molecule has 24 heavy (non-hydrogen) atoms. The summed E-state index contributed by atoms with van der Waals surface area (Å²) in [6.45, 7) is 1.75. The van der Waals surface area contributed by atoms with Crippen LogP contribution in [0.15, 0.2) is 40.1 Å². The summed E-state index contributed by atoms with van der Waals surface area (Å²) in [7, 11) is -9.05. The summed E-state index contributed by atoms with van der Waals surface area (Å²) in [5, 5.41) is 0.148. The summed E-state index contributed by atoms with van der Waals surface area (Å²) >= 11 is 0. The van der Waals surface area contributed by atoms with Gasteiger partial charge in [-0.15, -0.1) is 0 Å². The van der Waals surface area contributed by atoms with Gasteiger partial charge in [-0.2, -0.15) is 16.8 Å². The first-order chi connectivity index (χ1) is 11.2. The fourth-order valence-corrected chi connectivity index (χ4v) is 4.21. The minimum atomic E-state index is -4.70. The maximum Gasteiger partial charge on any atom is 0.297 e. The molecule has 0 heterocycles. The first-order valence-corrected chi connectivity index (χ1v) is 9.95. The van der Waals surface area contributed by atoms with Gasteiger partial charge in [-0.1, -0.05) is 37.6 Å². The van der Waals surface area contributed by atoms with Crippen molar-refractivity contribution in [2.75, 3.05) is 6.61 Å². The Kier molecular flexibility index (Phi) is 5.38. The molecule has 0 aromatic heterocycles. The molecule has 0 radical (unpaired) electrons. The predicted molar refractivity (Wildman–Crippen MR) is 87.2 cm³/mol. The van der Waals surface area contributed by atoms with E-state index >= 15 is 0 Å². The molecule has 0 aliphatic rings. The van der Waals surface area contributed by atoms with Crippen LogP contribution in [0.25, 0.3) is 10.8 Å². The van der Waals surface area contributed by atoms with E-state index in [2.05, 4.69) is 0 Å². The second kappa shape index (κ2) is 6.98. The van der Waals surface area contributed by atoms with Crippen LogP contribution >= 0.6 is 0 Å². The van der Waals surface area contributed by atoms with Crippen LogP contribution in [-0.4, -0.2) is 34.3 Å². The fourth-order valence-electron chi connectivity index (χ4n) is 2.26. The topological polar surface area (TPSA) is 115 Å². The molecule has 1 N–H and O–H groups in total. The van der Waals surface area contributed by atoms with Gasteiger partial charge in [0.2, 0.25) is 0 Å². The van der Waals surface area contributed by atoms with Crippen molar-refractivity contribution in [3.63, 3.8) is 0 Å². The average molecular weight is 372 g/mol. The van der Waals surface area contributed by atoms with Gasteiger partial charge in [-0.25, -0.2) is 0 Å². The molecule has 0 aliphatic carbocycles. The molecule has 0 amide bonds. The Morgan fingerprint density at radius 3 is 2.25 bits per heavy atom. The molecule has 2 aromatic carbocycles. The van der Waals surface area contributed by atoms with Crippen LogP contribution in [0.5, 0.6) is 0 Å². The maximum absolute atomic E-state index is 12.4. The Labute approximate surface area is 140 Å². The summed E-state index contributed by atoms with van der Waals surface area (Å²) in [4.78, 5) is 10.3. The van der Waals surface area contributed by atoms with E-state index in [0.717, 1.165) is 6.07 Å². The van der Waals surface area contributed by atoms with Crippen molar-refractivity contribution in [1.82, 2.24) is 0 Å². The summed E-state index contributed by atoms with van der Waals surface area (Å²) in [5.74, 6) is 0. The second-order valence-electron chi connectivity index (χ2n) is 5.05. The van der Waals surface area contributed by atoms with Gasteiger partial charge in [0.15, 0.2) is 6.29 Å². The monoisotopic (exact) mass is 372 g/mol. The Bertz CT molecular complexity index is 976. The van der Waals surface area contributed by atoms with Crippen LogP contribution in [0, 0.1) is 0 Å². The van der Waals surface area contributed by atoms with E-state index in [9.17, 15) is 26.2 Å². The number of hydrogen-bond donors (Lipinski definition) is 1. The molecule has 0 unspecified atom stereocenters. The van der Waals surface area contributed by atoms with Crippen LogP contribution in [-0.2, 0) is 24.4 Å². The number of aldehydes is 1. The highest BCUT2D eigenvalue weighted by Crippen LogP contribution is 2.31. The minimum Gasteiger partial charge on any atom is -0.298 e. The lowest BCUT2D eigenvalue weighted by Crippen LogP contribution is -2.12. The van der Waals surface area contributed by atoms with E-state index in [-0.39, 0.29) is 22.9 Å². The molecule has 7 nitrogen and oxygen atoms in total. The molecule has 9 heteroatoms. The van der Waals surface area contributed by atoms with Crippen LogP contribution in [0.2, 0.25) is 0 Å². The van der Waals surface area contributed by atoms with Gasteiger partial charge in [0.1, 0.15) is 9.79 Å². The Morgan fingerprint density at radius 2 is 1.71 bits per heavy atom. The zero-order valence-electron chi connectivity index (χ0n) is 12.8. The molecule has 0 saturated heterocycles. The quantitative estimate of drug-likeness (QED) is 0.343. The van der Waals surface area contributed by atoms with E-state index < -0.39 is 30.0 Å². The van der Waals surface area contributed by atoms with Crippen LogP contribution in [0.1, 0.15) is 30.1 Å². The molecule has 130 valence electrons. The zero-order valence-corrected chi connectivity index (χ0v) is 14.4. The second-order valence-corrected chi connectivity index (χ2v) is 8.03. The lowest BCUT2D eigenvalue weighted by Gasteiger charge is -2.12. The highest BCUT2D eigenvalue weighted by atomic mass is 32.2. The average Bonchev–Trinajstić information content (AvgIpc) is 2.52. The summed E-state index contributed by atoms with van der Waals surface area (Å²) < 4.78 is 62.2. The fraction of sp³-hybridized carbons (Fsp3) is 0.267. The molecular formula is C15H16O7S2. The number of benzene rings is 2.